The quantitative estimate of drug-likeness (QED) is 0.696. The number of nitrogens with zero attached hydrogens (tertiary/aromatic N) is 2. The van der Waals surface area contributed by atoms with Crippen LogP contribution in [-0.4, -0.2) is 9.97 Å². The third kappa shape index (κ3) is 4.32. The summed E-state index contributed by atoms with van der Waals surface area (Å²) in [6, 6.07) is 14.4. The highest BCUT2D eigenvalue weighted by Gasteiger charge is 2.07. The van der Waals surface area contributed by atoms with Crippen molar-refractivity contribution >= 4 is 17.5 Å². The molecule has 128 valence electrons. The first-order chi connectivity index (χ1) is 12.0. The molecular formula is C20H21FN4. The minimum atomic E-state index is -0.235. The zero-order valence-corrected chi connectivity index (χ0v) is 14.6. The van der Waals surface area contributed by atoms with Crippen LogP contribution in [0.2, 0.25) is 0 Å². The number of para-hydroxylation sites is 1. The first-order valence-corrected chi connectivity index (χ1v) is 8.18. The highest BCUT2D eigenvalue weighted by Crippen LogP contribution is 2.23. The van der Waals surface area contributed by atoms with Crippen LogP contribution in [0.25, 0.3) is 0 Å². The summed E-state index contributed by atoms with van der Waals surface area (Å²) in [6.45, 7) is 6.61. The predicted octanol–water partition coefficient (Wildman–Crippen LogP) is 4.90. The monoisotopic (exact) mass is 336 g/mol. The van der Waals surface area contributed by atoms with Crippen molar-refractivity contribution in [3.8, 4) is 0 Å². The normalized spacial score (nSPS) is 10.6. The molecule has 0 aliphatic heterocycles. The van der Waals surface area contributed by atoms with Gasteiger partial charge in [0.1, 0.15) is 11.6 Å². The zero-order valence-electron chi connectivity index (χ0n) is 14.6. The van der Waals surface area contributed by atoms with E-state index in [0.717, 1.165) is 33.9 Å². The minimum Gasteiger partial charge on any atom is -0.366 e. The molecule has 0 bridgehead atoms. The van der Waals surface area contributed by atoms with Gasteiger partial charge in [-0.15, -0.1) is 0 Å². The summed E-state index contributed by atoms with van der Waals surface area (Å²) < 4.78 is 13.0. The number of aromatic nitrogens is 2. The second-order valence-electron chi connectivity index (χ2n) is 6.09. The van der Waals surface area contributed by atoms with Crippen LogP contribution in [0.5, 0.6) is 0 Å². The summed E-state index contributed by atoms with van der Waals surface area (Å²) in [6.07, 6.45) is 0. The second-order valence-corrected chi connectivity index (χ2v) is 6.09. The summed E-state index contributed by atoms with van der Waals surface area (Å²) >= 11 is 0. The Balaban J connectivity index is 1.77. The van der Waals surface area contributed by atoms with Crippen LogP contribution >= 0.6 is 0 Å². The van der Waals surface area contributed by atoms with Gasteiger partial charge >= 0.3 is 0 Å². The third-order valence-electron chi connectivity index (χ3n) is 3.96. The van der Waals surface area contributed by atoms with Crippen LogP contribution in [0.15, 0.2) is 48.5 Å². The summed E-state index contributed by atoms with van der Waals surface area (Å²) in [5.74, 6) is 1.05. The molecule has 0 fully saturated rings. The Morgan fingerprint density at radius 3 is 2.28 bits per heavy atom. The van der Waals surface area contributed by atoms with Crippen molar-refractivity contribution in [3.05, 3.63) is 76.7 Å². The highest BCUT2D eigenvalue weighted by molar-refractivity contribution is 5.63. The maximum Gasteiger partial charge on any atom is 0.229 e. The van der Waals surface area contributed by atoms with Gasteiger partial charge in [-0.1, -0.05) is 30.3 Å². The van der Waals surface area contributed by atoms with E-state index in [0.29, 0.717) is 12.5 Å². The topological polar surface area (TPSA) is 49.8 Å². The van der Waals surface area contributed by atoms with Gasteiger partial charge in [0.2, 0.25) is 5.95 Å². The van der Waals surface area contributed by atoms with E-state index in [9.17, 15) is 4.39 Å². The van der Waals surface area contributed by atoms with Crippen molar-refractivity contribution < 1.29 is 4.39 Å². The van der Waals surface area contributed by atoms with Crippen LogP contribution < -0.4 is 10.6 Å². The van der Waals surface area contributed by atoms with Gasteiger partial charge in [-0.25, -0.2) is 9.37 Å². The van der Waals surface area contributed by atoms with E-state index in [1.165, 1.54) is 12.1 Å². The Kier molecular flexibility index (Phi) is 4.93. The summed E-state index contributed by atoms with van der Waals surface area (Å²) in [4.78, 5) is 9.00. The number of nitrogens with one attached hydrogen (secondary N) is 2. The Bertz CT molecular complexity index is 855. The van der Waals surface area contributed by atoms with Crippen LogP contribution in [0.4, 0.5) is 21.8 Å². The molecule has 0 atom stereocenters. The van der Waals surface area contributed by atoms with Crippen LogP contribution in [-0.2, 0) is 6.54 Å². The van der Waals surface area contributed by atoms with E-state index >= 15 is 0 Å². The van der Waals surface area contributed by atoms with Crippen LogP contribution in [0.3, 0.4) is 0 Å². The van der Waals surface area contributed by atoms with Crippen molar-refractivity contribution in [2.45, 2.75) is 27.3 Å². The molecule has 5 heteroatoms. The van der Waals surface area contributed by atoms with Gasteiger partial charge in [0.25, 0.3) is 0 Å². The molecule has 4 nitrogen and oxygen atoms in total. The number of halogens is 1. The second kappa shape index (κ2) is 7.30. The molecule has 2 aromatic carbocycles. The molecule has 0 saturated heterocycles. The fourth-order valence-electron chi connectivity index (χ4n) is 2.63. The van der Waals surface area contributed by atoms with Crippen molar-refractivity contribution in [1.82, 2.24) is 9.97 Å². The molecule has 1 heterocycles. The van der Waals surface area contributed by atoms with E-state index in [1.807, 2.05) is 19.1 Å². The minimum absolute atomic E-state index is 0.235. The lowest BCUT2D eigenvalue weighted by molar-refractivity contribution is 0.627. The number of anilines is 3. The molecule has 0 unspecified atom stereocenters. The molecular weight excluding hydrogens is 315 g/mol. The van der Waals surface area contributed by atoms with Gasteiger partial charge in [-0.05, 0) is 49.6 Å². The average Bonchev–Trinajstić information content (AvgIpc) is 2.57. The molecule has 0 amide bonds. The van der Waals surface area contributed by atoms with Gasteiger partial charge in [0.05, 0.1) is 0 Å². The van der Waals surface area contributed by atoms with E-state index in [4.69, 9.17) is 0 Å². The van der Waals surface area contributed by atoms with Gasteiger partial charge in [-0.2, -0.15) is 4.98 Å². The largest absolute Gasteiger partial charge is 0.366 e. The highest BCUT2D eigenvalue weighted by atomic mass is 19.1. The lowest BCUT2D eigenvalue weighted by Crippen LogP contribution is -2.06. The Morgan fingerprint density at radius 2 is 1.60 bits per heavy atom. The smallest absolute Gasteiger partial charge is 0.229 e. The standard InChI is InChI=1S/C20H21FN4/c1-13-5-4-6-14(2)19(13)25-20-23-15(3)11-18(24-20)22-12-16-7-9-17(21)10-8-16/h4-11H,12H2,1-3H3,(H2,22,23,24,25). The zero-order chi connectivity index (χ0) is 17.8. The van der Waals surface area contributed by atoms with Crippen LogP contribution in [0.1, 0.15) is 22.4 Å². The van der Waals surface area contributed by atoms with E-state index in [-0.39, 0.29) is 5.82 Å². The lowest BCUT2D eigenvalue weighted by Gasteiger charge is -2.13. The number of rotatable bonds is 5. The predicted molar refractivity (Wildman–Crippen MR) is 99.7 cm³/mol. The molecule has 3 rings (SSSR count). The Morgan fingerprint density at radius 1 is 0.920 bits per heavy atom. The molecule has 25 heavy (non-hydrogen) atoms. The van der Waals surface area contributed by atoms with E-state index < -0.39 is 0 Å². The molecule has 1 aromatic heterocycles. The fourth-order valence-corrected chi connectivity index (χ4v) is 2.63. The fraction of sp³-hybridized carbons (Fsp3) is 0.200. The number of aryl methyl sites for hydroxylation is 3. The molecule has 3 aromatic rings. The third-order valence-corrected chi connectivity index (χ3v) is 3.96. The van der Waals surface area contributed by atoms with Crippen molar-refractivity contribution in [2.75, 3.05) is 10.6 Å². The van der Waals surface area contributed by atoms with E-state index in [2.05, 4.69) is 46.6 Å². The SMILES string of the molecule is Cc1cc(NCc2ccc(F)cc2)nc(Nc2c(C)cccc2C)n1. The Hall–Kier alpha value is -2.95. The van der Waals surface area contributed by atoms with Gasteiger partial charge in [0, 0.05) is 24.0 Å². The molecule has 0 aliphatic rings. The average molecular weight is 336 g/mol. The summed E-state index contributed by atoms with van der Waals surface area (Å²) in [7, 11) is 0. The van der Waals surface area contributed by atoms with E-state index in [1.54, 1.807) is 12.1 Å². The summed E-state index contributed by atoms with van der Waals surface area (Å²) in [5, 5.41) is 6.58. The Labute approximate surface area is 147 Å². The first kappa shape index (κ1) is 16.9. The van der Waals surface area contributed by atoms with Gasteiger partial charge in [-0.3, -0.25) is 0 Å². The molecule has 0 saturated carbocycles. The first-order valence-electron chi connectivity index (χ1n) is 8.18. The molecule has 0 aliphatic carbocycles. The number of benzene rings is 2. The summed E-state index contributed by atoms with van der Waals surface area (Å²) in [5.41, 5.74) is 5.17. The molecule has 0 radical (unpaired) electrons. The van der Waals surface area contributed by atoms with Gasteiger partial charge < -0.3 is 10.6 Å². The van der Waals surface area contributed by atoms with Crippen molar-refractivity contribution in [3.63, 3.8) is 0 Å². The molecule has 0 spiro atoms. The maximum absolute atomic E-state index is 13.0. The van der Waals surface area contributed by atoms with Crippen molar-refractivity contribution in [1.29, 1.82) is 0 Å². The maximum atomic E-state index is 13.0. The van der Waals surface area contributed by atoms with Crippen LogP contribution in [0, 0.1) is 26.6 Å². The van der Waals surface area contributed by atoms with Crippen molar-refractivity contribution in [2.24, 2.45) is 0 Å². The number of hydrogen-bond donors (Lipinski definition) is 2. The van der Waals surface area contributed by atoms with Gasteiger partial charge in [0.15, 0.2) is 0 Å². The lowest BCUT2D eigenvalue weighted by atomic mass is 10.1. The number of hydrogen-bond acceptors (Lipinski definition) is 4. The molecule has 2 N–H and O–H groups in total.